The molecule has 0 bridgehead atoms. The molecule has 0 aromatic carbocycles. The van der Waals surface area contributed by atoms with E-state index in [1.54, 1.807) is 4.90 Å². The zero-order valence-electron chi connectivity index (χ0n) is 9.92. The first-order valence-corrected chi connectivity index (χ1v) is 5.89. The number of nitrogens with two attached hydrogens (primary N) is 1. The molecule has 4 nitrogen and oxygen atoms in total. The average Bonchev–Trinajstić information content (AvgIpc) is 2.25. The lowest BCUT2D eigenvalue weighted by Crippen LogP contribution is -2.42. The summed E-state index contributed by atoms with van der Waals surface area (Å²) in [5.74, 6) is 0.334. The highest BCUT2D eigenvalue weighted by atomic mass is 79.9. The van der Waals surface area contributed by atoms with Crippen LogP contribution in [-0.2, 0) is 6.18 Å². The Morgan fingerprint density at radius 2 is 2.11 bits per heavy atom. The quantitative estimate of drug-likeness (QED) is 0.832. The van der Waals surface area contributed by atoms with Crippen molar-refractivity contribution >= 4 is 21.7 Å². The van der Waals surface area contributed by atoms with E-state index in [1.807, 2.05) is 14.1 Å². The SMILES string of the molecule is CN(C)C(N)CNc1ncc(C(F)(F)F)cc1Br. The van der Waals surface area contributed by atoms with Gasteiger partial charge in [-0.3, -0.25) is 4.90 Å². The normalized spacial score (nSPS) is 13.8. The number of nitrogens with one attached hydrogen (secondary N) is 1. The molecule has 18 heavy (non-hydrogen) atoms. The number of aromatic nitrogens is 1. The fraction of sp³-hybridized carbons (Fsp3) is 0.500. The molecule has 1 aromatic heterocycles. The van der Waals surface area contributed by atoms with Crippen molar-refractivity contribution in [2.45, 2.75) is 12.3 Å². The average molecular weight is 327 g/mol. The smallest absolute Gasteiger partial charge is 0.366 e. The van der Waals surface area contributed by atoms with Gasteiger partial charge in [0, 0.05) is 12.7 Å². The topological polar surface area (TPSA) is 54.2 Å². The molecule has 0 amide bonds. The molecule has 1 heterocycles. The largest absolute Gasteiger partial charge is 0.417 e. The standard InChI is InChI=1S/C10H14BrF3N4/c1-18(2)8(15)5-17-9-7(11)3-6(4-16-9)10(12,13)14/h3-4,8H,5,15H2,1-2H3,(H,16,17). The van der Waals surface area contributed by atoms with Crippen molar-refractivity contribution in [2.75, 3.05) is 26.0 Å². The van der Waals surface area contributed by atoms with Crippen LogP contribution in [0.5, 0.6) is 0 Å². The molecule has 0 aliphatic rings. The van der Waals surface area contributed by atoms with Gasteiger partial charge in [0.25, 0.3) is 0 Å². The van der Waals surface area contributed by atoms with E-state index in [2.05, 4.69) is 26.2 Å². The van der Waals surface area contributed by atoms with Crippen molar-refractivity contribution in [2.24, 2.45) is 5.73 Å². The maximum Gasteiger partial charge on any atom is 0.417 e. The molecular weight excluding hydrogens is 313 g/mol. The first-order valence-electron chi connectivity index (χ1n) is 5.10. The molecule has 1 unspecified atom stereocenters. The lowest BCUT2D eigenvalue weighted by molar-refractivity contribution is -0.137. The van der Waals surface area contributed by atoms with Crippen molar-refractivity contribution in [3.63, 3.8) is 0 Å². The summed E-state index contributed by atoms with van der Waals surface area (Å²) < 4.78 is 37.5. The summed E-state index contributed by atoms with van der Waals surface area (Å²) in [6.07, 6.45) is -3.86. The maximum absolute atomic E-state index is 12.4. The van der Waals surface area contributed by atoms with Crippen molar-refractivity contribution < 1.29 is 13.2 Å². The highest BCUT2D eigenvalue weighted by Crippen LogP contribution is 2.32. The Hall–Kier alpha value is -0.860. The number of pyridine rings is 1. The number of rotatable bonds is 4. The lowest BCUT2D eigenvalue weighted by Gasteiger charge is -2.20. The molecule has 1 atom stereocenters. The molecule has 0 aliphatic heterocycles. The van der Waals surface area contributed by atoms with Crippen LogP contribution in [0.15, 0.2) is 16.7 Å². The van der Waals surface area contributed by atoms with Crippen LogP contribution in [-0.4, -0.2) is 36.7 Å². The minimum atomic E-state index is -4.39. The second-order valence-electron chi connectivity index (χ2n) is 3.96. The summed E-state index contributed by atoms with van der Waals surface area (Å²) in [4.78, 5) is 5.51. The van der Waals surface area contributed by atoms with Gasteiger partial charge in [-0.15, -0.1) is 0 Å². The number of halogens is 4. The molecule has 0 fully saturated rings. The third-order valence-electron chi connectivity index (χ3n) is 2.31. The molecule has 1 rings (SSSR count). The van der Waals surface area contributed by atoms with Gasteiger partial charge in [-0.25, -0.2) is 4.98 Å². The molecule has 1 aromatic rings. The second-order valence-corrected chi connectivity index (χ2v) is 4.82. The van der Waals surface area contributed by atoms with Crippen LogP contribution in [0.25, 0.3) is 0 Å². The first kappa shape index (κ1) is 15.2. The van der Waals surface area contributed by atoms with Gasteiger partial charge in [-0.1, -0.05) is 0 Å². The Kier molecular flexibility index (Phi) is 4.94. The third-order valence-corrected chi connectivity index (χ3v) is 2.91. The van der Waals surface area contributed by atoms with Gasteiger partial charge < -0.3 is 11.1 Å². The van der Waals surface area contributed by atoms with Gasteiger partial charge in [0.15, 0.2) is 0 Å². The van der Waals surface area contributed by atoms with Crippen molar-refractivity contribution in [3.8, 4) is 0 Å². The third kappa shape index (κ3) is 4.11. The van der Waals surface area contributed by atoms with Crippen LogP contribution in [0, 0.1) is 0 Å². The van der Waals surface area contributed by atoms with E-state index in [-0.39, 0.29) is 10.6 Å². The first-order chi connectivity index (χ1) is 8.21. The Bertz CT molecular complexity index is 409. The fourth-order valence-corrected chi connectivity index (χ4v) is 1.60. The summed E-state index contributed by atoms with van der Waals surface area (Å²) in [5.41, 5.74) is 4.96. The van der Waals surface area contributed by atoms with Crippen LogP contribution < -0.4 is 11.1 Å². The number of hydrogen-bond acceptors (Lipinski definition) is 4. The van der Waals surface area contributed by atoms with Gasteiger partial charge >= 0.3 is 6.18 Å². The summed E-state index contributed by atoms with van der Waals surface area (Å²) in [5, 5.41) is 2.88. The van der Waals surface area contributed by atoms with Crippen molar-refractivity contribution in [3.05, 3.63) is 22.3 Å². The maximum atomic E-state index is 12.4. The monoisotopic (exact) mass is 326 g/mol. The summed E-state index contributed by atoms with van der Waals surface area (Å²) in [6.45, 7) is 0.379. The Morgan fingerprint density at radius 1 is 1.50 bits per heavy atom. The molecule has 0 radical (unpaired) electrons. The number of likely N-dealkylation sites (N-methyl/N-ethyl adjacent to an activating group) is 1. The van der Waals surface area contributed by atoms with Crippen LogP contribution in [0.2, 0.25) is 0 Å². The van der Waals surface area contributed by atoms with Gasteiger partial charge in [0.05, 0.1) is 16.2 Å². The number of hydrogen-bond donors (Lipinski definition) is 2. The van der Waals surface area contributed by atoms with Gasteiger partial charge in [-0.2, -0.15) is 13.2 Å². The number of anilines is 1. The second kappa shape index (κ2) is 5.85. The minimum Gasteiger partial charge on any atom is -0.366 e. The minimum absolute atomic E-state index is 0.249. The Morgan fingerprint density at radius 3 is 2.56 bits per heavy atom. The van der Waals surface area contributed by atoms with Crippen LogP contribution in [0.4, 0.5) is 19.0 Å². The molecule has 0 spiro atoms. The summed E-state index contributed by atoms with van der Waals surface area (Å²) in [7, 11) is 3.61. The summed E-state index contributed by atoms with van der Waals surface area (Å²) in [6, 6.07) is 0.983. The summed E-state index contributed by atoms with van der Waals surface area (Å²) >= 11 is 3.05. The molecule has 3 N–H and O–H groups in total. The highest BCUT2D eigenvalue weighted by Gasteiger charge is 2.31. The Balaban J connectivity index is 2.75. The molecule has 0 saturated carbocycles. The van der Waals surface area contributed by atoms with E-state index in [9.17, 15) is 13.2 Å². The zero-order chi connectivity index (χ0) is 13.9. The van der Waals surface area contributed by atoms with E-state index in [0.717, 1.165) is 12.3 Å². The van der Waals surface area contributed by atoms with Crippen LogP contribution in [0.3, 0.4) is 0 Å². The molecule has 8 heteroatoms. The van der Waals surface area contributed by atoms with Crippen LogP contribution >= 0.6 is 15.9 Å². The highest BCUT2D eigenvalue weighted by molar-refractivity contribution is 9.10. The fourth-order valence-electron chi connectivity index (χ4n) is 1.11. The van der Waals surface area contributed by atoms with E-state index in [0.29, 0.717) is 12.4 Å². The van der Waals surface area contributed by atoms with Gasteiger partial charge in [0.1, 0.15) is 5.82 Å². The predicted molar refractivity (Wildman–Crippen MR) is 67.1 cm³/mol. The molecule has 0 aliphatic carbocycles. The van der Waals surface area contributed by atoms with Crippen molar-refractivity contribution in [1.29, 1.82) is 0 Å². The molecule has 102 valence electrons. The van der Waals surface area contributed by atoms with Gasteiger partial charge in [-0.05, 0) is 36.1 Å². The van der Waals surface area contributed by atoms with E-state index < -0.39 is 11.7 Å². The molecular formula is C10H14BrF3N4. The number of alkyl halides is 3. The lowest BCUT2D eigenvalue weighted by atomic mass is 10.3. The predicted octanol–water partition coefficient (Wildman–Crippen LogP) is 2.12. The van der Waals surface area contributed by atoms with E-state index in [4.69, 9.17) is 5.73 Å². The Labute approximate surface area is 111 Å². The van der Waals surface area contributed by atoms with E-state index in [1.165, 1.54) is 0 Å². The number of nitrogens with zero attached hydrogens (tertiary/aromatic N) is 2. The van der Waals surface area contributed by atoms with Gasteiger partial charge in [0.2, 0.25) is 0 Å². The molecule has 0 saturated heterocycles. The zero-order valence-corrected chi connectivity index (χ0v) is 11.5. The van der Waals surface area contributed by atoms with Crippen LogP contribution in [0.1, 0.15) is 5.56 Å². The van der Waals surface area contributed by atoms with E-state index >= 15 is 0 Å². The van der Waals surface area contributed by atoms with Crippen molar-refractivity contribution in [1.82, 2.24) is 9.88 Å².